The van der Waals surface area contributed by atoms with Gasteiger partial charge in [0.1, 0.15) is 4.34 Å². The molecule has 2 unspecified atom stereocenters. The fourth-order valence-corrected chi connectivity index (χ4v) is 4.95. The lowest BCUT2D eigenvalue weighted by Gasteiger charge is -2.43. The van der Waals surface area contributed by atoms with Gasteiger partial charge in [-0.2, -0.15) is 0 Å². The smallest absolute Gasteiger partial charge is 0.324 e. The average molecular weight is 386 g/mol. The molecule has 2 N–H and O–H groups in total. The highest BCUT2D eigenvalue weighted by Crippen LogP contribution is 2.34. The molecule has 0 radical (unpaired) electrons. The number of amides is 2. The van der Waals surface area contributed by atoms with Gasteiger partial charge in [0.05, 0.1) is 12.1 Å². The van der Waals surface area contributed by atoms with E-state index in [1.165, 1.54) is 24.0 Å². The van der Waals surface area contributed by atoms with E-state index in [1.807, 2.05) is 4.90 Å². The molecular weight excluding hydrogens is 362 g/mol. The number of carboxylic acid groups (broad SMARTS) is 1. The summed E-state index contributed by atoms with van der Waals surface area (Å²) in [7, 11) is 0. The second-order valence-electron chi connectivity index (χ2n) is 6.90. The third kappa shape index (κ3) is 4.44. The van der Waals surface area contributed by atoms with Crippen LogP contribution in [-0.2, 0) is 4.79 Å². The maximum absolute atomic E-state index is 13.0. The van der Waals surface area contributed by atoms with Gasteiger partial charge in [-0.15, -0.1) is 0 Å². The molecule has 138 valence electrons. The Hall–Kier alpha value is -1.34. The second-order valence-corrected chi connectivity index (χ2v) is 8.56. The molecule has 0 spiro atoms. The molecule has 8 heteroatoms. The summed E-state index contributed by atoms with van der Waals surface area (Å²) in [5.41, 5.74) is 0. The zero-order valence-electron chi connectivity index (χ0n) is 14.1. The highest BCUT2D eigenvalue weighted by Gasteiger charge is 2.40. The summed E-state index contributed by atoms with van der Waals surface area (Å²) in [6.07, 6.45) is 10.0. The van der Waals surface area contributed by atoms with Gasteiger partial charge in [-0.3, -0.25) is 10.1 Å². The Morgan fingerprint density at radius 1 is 1.16 bits per heavy atom. The van der Waals surface area contributed by atoms with E-state index in [2.05, 4.69) is 10.3 Å². The van der Waals surface area contributed by atoms with Crippen molar-refractivity contribution in [2.45, 2.75) is 69.9 Å². The van der Waals surface area contributed by atoms with E-state index in [-0.39, 0.29) is 18.1 Å². The summed E-state index contributed by atoms with van der Waals surface area (Å²) < 4.78 is 0.514. The largest absolute Gasteiger partial charge is 0.481 e. The third-order valence-corrected chi connectivity index (χ3v) is 6.33. The highest BCUT2D eigenvalue weighted by atomic mass is 35.5. The first-order chi connectivity index (χ1) is 12.1. The lowest BCUT2D eigenvalue weighted by atomic mass is 9.81. The van der Waals surface area contributed by atoms with Crippen LogP contribution >= 0.6 is 22.9 Å². The van der Waals surface area contributed by atoms with Crippen molar-refractivity contribution >= 4 is 40.1 Å². The van der Waals surface area contributed by atoms with Crippen molar-refractivity contribution < 1.29 is 14.7 Å². The van der Waals surface area contributed by atoms with Crippen LogP contribution in [0.4, 0.5) is 9.93 Å². The van der Waals surface area contributed by atoms with Crippen LogP contribution in [0, 0.1) is 5.92 Å². The van der Waals surface area contributed by atoms with Crippen molar-refractivity contribution in [3.8, 4) is 0 Å². The van der Waals surface area contributed by atoms with Crippen molar-refractivity contribution in [2.24, 2.45) is 5.92 Å². The number of carboxylic acids is 1. The molecule has 2 fully saturated rings. The number of anilines is 1. The van der Waals surface area contributed by atoms with E-state index in [4.69, 9.17) is 11.6 Å². The van der Waals surface area contributed by atoms with Gasteiger partial charge in [-0.25, -0.2) is 9.78 Å². The van der Waals surface area contributed by atoms with E-state index in [0.29, 0.717) is 15.9 Å². The number of thiazole rings is 1. The number of nitrogens with one attached hydrogen (secondary N) is 1. The molecule has 1 heterocycles. The molecule has 3 rings (SSSR count). The monoisotopic (exact) mass is 385 g/mol. The van der Waals surface area contributed by atoms with Gasteiger partial charge in [0.25, 0.3) is 0 Å². The number of carbonyl (C=O) groups excluding carboxylic acids is 1. The minimum atomic E-state index is -0.796. The number of carbonyl (C=O) groups is 2. The Balaban J connectivity index is 1.82. The Labute approximate surface area is 156 Å². The van der Waals surface area contributed by atoms with Gasteiger partial charge in [0, 0.05) is 12.1 Å². The van der Waals surface area contributed by atoms with E-state index >= 15 is 0 Å². The van der Waals surface area contributed by atoms with Crippen LogP contribution in [0.15, 0.2) is 6.20 Å². The van der Waals surface area contributed by atoms with Gasteiger partial charge in [-0.1, -0.05) is 55.0 Å². The predicted octanol–water partition coefficient (Wildman–Crippen LogP) is 4.61. The van der Waals surface area contributed by atoms with Crippen molar-refractivity contribution in [2.75, 3.05) is 5.32 Å². The topological polar surface area (TPSA) is 82.5 Å². The summed E-state index contributed by atoms with van der Waals surface area (Å²) in [6, 6.07) is -0.380. The first-order valence-electron chi connectivity index (χ1n) is 8.99. The molecule has 0 aromatic carbocycles. The molecule has 1 aromatic rings. The van der Waals surface area contributed by atoms with Crippen molar-refractivity contribution in [1.82, 2.24) is 9.88 Å². The summed E-state index contributed by atoms with van der Waals surface area (Å²) in [5, 5.41) is 12.9. The number of hydrogen-bond acceptors (Lipinski definition) is 4. The van der Waals surface area contributed by atoms with Crippen LogP contribution in [0.1, 0.15) is 57.8 Å². The van der Waals surface area contributed by atoms with Crippen molar-refractivity contribution in [1.29, 1.82) is 0 Å². The van der Waals surface area contributed by atoms with E-state index in [1.54, 1.807) is 0 Å². The minimum absolute atomic E-state index is 0.106. The van der Waals surface area contributed by atoms with Gasteiger partial charge in [-0.05, 0) is 25.7 Å². The average Bonchev–Trinajstić information content (AvgIpc) is 3.01. The van der Waals surface area contributed by atoms with Crippen LogP contribution in [0.3, 0.4) is 0 Å². The molecule has 0 aliphatic heterocycles. The number of rotatable bonds is 4. The predicted molar refractivity (Wildman–Crippen MR) is 98.2 cm³/mol. The standard InChI is InChI=1S/C17H24ClN3O3S/c18-14-10-19-16(25-14)20-17(24)21(11-6-2-1-3-7-11)13-9-5-4-8-12(13)15(22)23/h10-13H,1-9H2,(H,22,23)(H,19,20,24). The fraction of sp³-hybridized carbons (Fsp3) is 0.706. The molecular formula is C17H24ClN3O3S. The zero-order valence-corrected chi connectivity index (χ0v) is 15.7. The van der Waals surface area contributed by atoms with Gasteiger partial charge in [0.2, 0.25) is 0 Å². The molecule has 1 aromatic heterocycles. The molecule has 0 saturated heterocycles. The SMILES string of the molecule is O=C(O)C1CCCCC1N(C(=O)Nc1ncc(Cl)s1)C1CCCCC1. The van der Waals surface area contributed by atoms with Crippen molar-refractivity contribution in [3.05, 3.63) is 10.5 Å². The van der Waals surface area contributed by atoms with Crippen LogP contribution in [0.2, 0.25) is 4.34 Å². The molecule has 2 atom stereocenters. The van der Waals surface area contributed by atoms with E-state index in [0.717, 1.165) is 44.9 Å². The molecule has 0 bridgehead atoms. The summed E-state index contributed by atoms with van der Waals surface area (Å²) in [6.45, 7) is 0. The molecule has 2 aliphatic carbocycles. The number of nitrogens with zero attached hydrogens (tertiary/aromatic N) is 2. The maximum atomic E-state index is 13.0. The number of aliphatic carboxylic acids is 1. The number of hydrogen-bond donors (Lipinski definition) is 2. The Morgan fingerprint density at radius 2 is 1.84 bits per heavy atom. The van der Waals surface area contributed by atoms with Gasteiger partial charge in [0.15, 0.2) is 5.13 Å². The molecule has 2 aliphatic rings. The van der Waals surface area contributed by atoms with Crippen LogP contribution < -0.4 is 5.32 Å². The maximum Gasteiger partial charge on any atom is 0.324 e. The highest BCUT2D eigenvalue weighted by molar-refractivity contribution is 7.19. The van der Waals surface area contributed by atoms with E-state index in [9.17, 15) is 14.7 Å². The normalized spacial score (nSPS) is 24.7. The molecule has 25 heavy (non-hydrogen) atoms. The number of aromatic nitrogens is 1. The summed E-state index contributed by atoms with van der Waals surface area (Å²) >= 11 is 7.11. The zero-order chi connectivity index (χ0) is 17.8. The summed E-state index contributed by atoms with van der Waals surface area (Å²) in [4.78, 5) is 30.7. The minimum Gasteiger partial charge on any atom is -0.481 e. The van der Waals surface area contributed by atoms with Gasteiger partial charge >= 0.3 is 12.0 Å². The number of halogens is 1. The quantitative estimate of drug-likeness (QED) is 0.792. The van der Waals surface area contributed by atoms with Crippen molar-refractivity contribution in [3.63, 3.8) is 0 Å². The van der Waals surface area contributed by atoms with Crippen LogP contribution in [0.25, 0.3) is 0 Å². The fourth-order valence-electron chi connectivity index (χ4n) is 4.15. The molecule has 6 nitrogen and oxygen atoms in total. The van der Waals surface area contributed by atoms with E-state index < -0.39 is 11.9 Å². The first kappa shape index (κ1) is 18.5. The Bertz CT molecular complexity index is 618. The second kappa shape index (κ2) is 8.36. The Morgan fingerprint density at radius 3 is 2.48 bits per heavy atom. The number of urea groups is 1. The van der Waals surface area contributed by atoms with Crippen LogP contribution in [-0.4, -0.2) is 39.1 Å². The first-order valence-corrected chi connectivity index (χ1v) is 10.2. The lowest BCUT2D eigenvalue weighted by molar-refractivity contribution is -0.145. The van der Waals surface area contributed by atoms with Crippen LogP contribution in [0.5, 0.6) is 0 Å². The summed E-state index contributed by atoms with van der Waals surface area (Å²) in [5.74, 6) is -1.28. The van der Waals surface area contributed by atoms with Gasteiger partial charge < -0.3 is 10.0 Å². The third-order valence-electron chi connectivity index (χ3n) is 5.30. The lowest BCUT2D eigenvalue weighted by Crippen LogP contribution is -2.54. The molecule has 2 saturated carbocycles. The Kier molecular flexibility index (Phi) is 6.17. The molecule has 2 amide bonds.